The van der Waals surface area contributed by atoms with E-state index in [9.17, 15) is 4.79 Å². The smallest absolute Gasteiger partial charge is 0.350 e. The van der Waals surface area contributed by atoms with E-state index in [4.69, 9.17) is 9.94 Å². The molecule has 0 unspecified atom stereocenters. The van der Waals surface area contributed by atoms with Crippen LogP contribution in [0.25, 0.3) is 0 Å². The Morgan fingerprint density at radius 1 is 0.938 bits per heavy atom. The van der Waals surface area contributed by atoms with Crippen LogP contribution in [0.3, 0.4) is 0 Å². The highest BCUT2D eigenvalue weighted by Crippen LogP contribution is 2.40. The van der Waals surface area contributed by atoms with Crippen LogP contribution >= 0.6 is 11.3 Å². The van der Waals surface area contributed by atoms with Crippen molar-refractivity contribution in [3.63, 3.8) is 0 Å². The number of nitrogens with one attached hydrogen (secondary N) is 1. The summed E-state index contributed by atoms with van der Waals surface area (Å²) in [5.41, 5.74) is 3.23. The molecule has 3 aromatic carbocycles. The van der Waals surface area contributed by atoms with Crippen molar-refractivity contribution >= 4 is 28.7 Å². The summed E-state index contributed by atoms with van der Waals surface area (Å²) in [6, 6.07) is 30.8. The van der Waals surface area contributed by atoms with Gasteiger partial charge in [0.2, 0.25) is 0 Å². The average Bonchev–Trinajstić information content (AvgIpc) is 3.29. The Balaban J connectivity index is 1.75. The van der Waals surface area contributed by atoms with Crippen molar-refractivity contribution in [1.29, 1.82) is 0 Å². The number of rotatable bonds is 9. The van der Waals surface area contributed by atoms with Crippen molar-refractivity contribution in [3.8, 4) is 0 Å². The fourth-order valence-electron chi connectivity index (χ4n) is 3.56. The number of carboxylic acids is 1. The predicted molar refractivity (Wildman–Crippen MR) is 126 cm³/mol. The van der Waals surface area contributed by atoms with Gasteiger partial charge in [-0.15, -0.1) is 11.3 Å². The molecule has 1 aromatic heterocycles. The molecule has 0 bridgehead atoms. The molecule has 7 heteroatoms. The number of aliphatic carboxylic acids is 1. The Morgan fingerprint density at radius 2 is 1.44 bits per heavy atom. The molecule has 0 saturated carbocycles. The zero-order chi connectivity index (χ0) is 22.2. The minimum atomic E-state index is -1.16. The number of anilines is 1. The van der Waals surface area contributed by atoms with Gasteiger partial charge in [0.05, 0.1) is 5.69 Å². The number of oxime groups is 1. The van der Waals surface area contributed by atoms with E-state index in [2.05, 4.69) is 51.9 Å². The number of carbonyl (C=O) groups is 1. The van der Waals surface area contributed by atoms with Gasteiger partial charge in [-0.05, 0) is 16.7 Å². The van der Waals surface area contributed by atoms with E-state index >= 15 is 0 Å². The second-order valence-corrected chi connectivity index (χ2v) is 7.82. The van der Waals surface area contributed by atoms with Crippen LogP contribution in [-0.4, -0.2) is 22.3 Å². The molecule has 0 aliphatic rings. The van der Waals surface area contributed by atoms with Crippen LogP contribution in [0.2, 0.25) is 0 Å². The maximum Gasteiger partial charge on any atom is 0.350 e. The second kappa shape index (κ2) is 9.89. The Labute approximate surface area is 189 Å². The molecule has 0 aliphatic heterocycles. The number of benzene rings is 3. The molecule has 0 spiro atoms. The lowest BCUT2D eigenvalue weighted by molar-refractivity contribution is -0.129. The molecule has 2 N–H and O–H groups in total. The van der Waals surface area contributed by atoms with E-state index in [0.29, 0.717) is 17.0 Å². The van der Waals surface area contributed by atoms with Crippen molar-refractivity contribution in [2.75, 3.05) is 5.32 Å². The topological polar surface area (TPSA) is 83.8 Å². The Bertz CT molecular complexity index is 1080. The third kappa shape index (κ3) is 4.68. The van der Waals surface area contributed by atoms with Gasteiger partial charge in [-0.1, -0.05) is 96.2 Å². The lowest BCUT2D eigenvalue weighted by Crippen LogP contribution is -2.38. The zero-order valence-electron chi connectivity index (χ0n) is 17.1. The highest BCUT2D eigenvalue weighted by atomic mass is 32.1. The maximum atomic E-state index is 10.5. The highest BCUT2D eigenvalue weighted by Gasteiger charge is 2.37. The number of nitrogens with zero attached hydrogens (tertiary/aromatic N) is 2. The zero-order valence-corrected chi connectivity index (χ0v) is 17.9. The van der Waals surface area contributed by atoms with Gasteiger partial charge in [-0.3, -0.25) is 0 Å². The molecular formula is C25H21N3O3S. The average molecular weight is 444 g/mol. The molecule has 0 atom stereocenters. The lowest BCUT2D eigenvalue weighted by atomic mass is 9.77. The second-order valence-electron chi connectivity index (χ2n) is 6.96. The molecule has 4 rings (SSSR count). The third-order valence-electron chi connectivity index (χ3n) is 4.92. The van der Waals surface area contributed by atoms with Gasteiger partial charge in [0.25, 0.3) is 0 Å². The number of hydrogen-bond donors (Lipinski definition) is 2. The fourth-order valence-corrected chi connectivity index (χ4v) is 4.31. The van der Waals surface area contributed by atoms with E-state index in [1.165, 1.54) is 11.3 Å². The van der Waals surface area contributed by atoms with Gasteiger partial charge in [-0.25, -0.2) is 9.78 Å². The van der Waals surface area contributed by atoms with Crippen LogP contribution in [0.5, 0.6) is 0 Å². The van der Waals surface area contributed by atoms with Crippen molar-refractivity contribution in [3.05, 3.63) is 119 Å². The minimum absolute atomic E-state index is 0.0803. The molecule has 4 aromatic rings. The maximum absolute atomic E-state index is 10.5. The largest absolute Gasteiger partial charge is 0.477 e. The first-order valence-electron chi connectivity index (χ1n) is 9.96. The number of carboxylic acid groups (broad SMARTS) is 1. The van der Waals surface area contributed by atoms with E-state index in [0.717, 1.165) is 16.7 Å². The first kappa shape index (κ1) is 21.3. The van der Waals surface area contributed by atoms with Gasteiger partial charge in [0, 0.05) is 5.38 Å². The molecule has 0 saturated heterocycles. The summed E-state index contributed by atoms with van der Waals surface area (Å²) in [4.78, 5) is 20.2. The fraction of sp³-hybridized carbons (Fsp3) is 0.0800. The molecule has 0 fully saturated rings. The summed E-state index contributed by atoms with van der Waals surface area (Å²) in [5, 5.41) is 18.3. The standard InChI is InChI=1S/C25H21N3O3S/c29-23(30)16-26-31-17-22-18-32-24(27-22)28-25(19-10-4-1-5-11-19,20-12-6-2-7-13-20)21-14-8-3-9-15-21/h1-16,18H,17H2,(H,27,28)(H,29,30)/b26-16+. The van der Waals surface area contributed by atoms with Crippen molar-refractivity contribution in [2.24, 2.45) is 5.16 Å². The van der Waals surface area contributed by atoms with E-state index < -0.39 is 11.5 Å². The quantitative estimate of drug-likeness (QED) is 0.213. The van der Waals surface area contributed by atoms with E-state index in [-0.39, 0.29) is 6.61 Å². The predicted octanol–water partition coefficient (Wildman–Crippen LogP) is 5.13. The number of thiazole rings is 1. The Hall–Kier alpha value is -3.97. The third-order valence-corrected chi connectivity index (χ3v) is 5.72. The normalized spacial score (nSPS) is 11.4. The van der Waals surface area contributed by atoms with Gasteiger partial charge >= 0.3 is 5.97 Å². The lowest BCUT2D eigenvalue weighted by Gasteiger charge is -2.36. The van der Waals surface area contributed by atoms with Crippen LogP contribution in [-0.2, 0) is 21.8 Å². The number of aromatic nitrogens is 1. The minimum Gasteiger partial charge on any atom is -0.477 e. The molecular weight excluding hydrogens is 422 g/mol. The van der Waals surface area contributed by atoms with E-state index in [1.807, 2.05) is 60.0 Å². The van der Waals surface area contributed by atoms with Crippen LogP contribution < -0.4 is 5.32 Å². The molecule has 0 amide bonds. The molecule has 0 aliphatic carbocycles. The highest BCUT2D eigenvalue weighted by molar-refractivity contribution is 7.13. The van der Waals surface area contributed by atoms with E-state index in [1.54, 1.807) is 0 Å². The van der Waals surface area contributed by atoms with Crippen LogP contribution in [0.1, 0.15) is 22.4 Å². The van der Waals surface area contributed by atoms with Gasteiger partial charge in [0.1, 0.15) is 5.54 Å². The summed E-state index contributed by atoms with van der Waals surface area (Å²) < 4.78 is 0. The first-order valence-corrected chi connectivity index (χ1v) is 10.8. The molecule has 6 nitrogen and oxygen atoms in total. The van der Waals surface area contributed by atoms with Crippen LogP contribution in [0, 0.1) is 0 Å². The van der Waals surface area contributed by atoms with Crippen molar-refractivity contribution < 1.29 is 14.7 Å². The summed E-state index contributed by atoms with van der Waals surface area (Å²) in [7, 11) is 0. The number of hydrogen-bond acceptors (Lipinski definition) is 6. The first-order chi connectivity index (χ1) is 15.7. The molecule has 32 heavy (non-hydrogen) atoms. The van der Waals surface area contributed by atoms with Gasteiger partial charge < -0.3 is 15.3 Å². The Kier molecular flexibility index (Phi) is 6.57. The summed E-state index contributed by atoms with van der Waals surface area (Å²) in [5.74, 6) is -1.16. The summed E-state index contributed by atoms with van der Waals surface area (Å²) in [6.07, 6.45) is 0.705. The van der Waals surface area contributed by atoms with Crippen molar-refractivity contribution in [2.45, 2.75) is 12.1 Å². The summed E-state index contributed by atoms with van der Waals surface area (Å²) in [6.45, 7) is 0.0803. The van der Waals surface area contributed by atoms with Gasteiger partial charge in [-0.2, -0.15) is 0 Å². The SMILES string of the molecule is O=C(O)/C=N/OCc1csc(NC(c2ccccc2)(c2ccccc2)c2ccccc2)n1. The molecule has 1 heterocycles. The Morgan fingerprint density at radius 3 is 1.91 bits per heavy atom. The van der Waals surface area contributed by atoms with Crippen LogP contribution in [0.15, 0.2) is 102 Å². The van der Waals surface area contributed by atoms with Crippen LogP contribution in [0.4, 0.5) is 5.13 Å². The molecule has 0 radical (unpaired) electrons. The monoisotopic (exact) mass is 443 g/mol. The van der Waals surface area contributed by atoms with Crippen molar-refractivity contribution in [1.82, 2.24) is 4.98 Å². The molecule has 160 valence electrons. The summed E-state index contributed by atoms with van der Waals surface area (Å²) >= 11 is 1.45. The van der Waals surface area contributed by atoms with Gasteiger partial charge in [0.15, 0.2) is 18.0 Å².